The number of fused-ring (bicyclic) bond motifs is 1. The van der Waals surface area contributed by atoms with Crippen molar-refractivity contribution in [1.82, 2.24) is 9.80 Å². The van der Waals surface area contributed by atoms with Gasteiger partial charge in [-0.05, 0) is 31.9 Å². The fourth-order valence-electron chi connectivity index (χ4n) is 3.21. The minimum Gasteiger partial charge on any atom is -0.384 e. The SMILES string of the molecule is O=C(c1csc(C#CCO)c1)N1CCCN2CCCC2C1. The van der Waals surface area contributed by atoms with Crippen molar-refractivity contribution in [3.05, 3.63) is 21.9 Å². The van der Waals surface area contributed by atoms with Gasteiger partial charge in [-0.2, -0.15) is 0 Å². The molecule has 2 aliphatic heterocycles. The molecule has 1 aromatic heterocycles. The maximum atomic E-state index is 12.6. The second-order valence-corrected chi connectivity index (χ2v) is 6.51. The largest absolute Gasteiger partial charge is 0.384 e. The quantitative estimate of drug-likeness (QED) is 0.798. The maximum absolute atomic E-state index is 12.6. The van der Waals surface area contributed by atoms with Crippen molar-refractivity contribution in [1.29, 1.82) is 0 Å². The lowest BCUT2D eigenvalue weighted by Crippen LogP contribution is -2.39. The van der Waals surface area contributed by atoms with Crippen LogP contribution in [-0.4, -0.2) is 59.6 Å². The summed E-state index contributed by atoms with van der Waals surface area (Å²) < 4.78 is 0. The van der Waals surface area contributed by atoms with Gasteiger partial charge in [0.15, 0.2) is 0 Å². The lowest BCUT2D eigenvalue weighted by atomic mass is 10.2. The van der Waals surface area contributed by atoms with Gasteiger partial charge in [-0.15, -0.1) is 11.3 Å². The van der Waals surface area contributed by atoms with Crippen molar-refractivity contribution in [2.24, 2.45) is 0 Å². The summed E-state index contributed by atoms with van der Waals surface area (Å²) >= 11 is 1.46. The Morgan fingerprint density at radius 2 is 2.24 bits per heavy atom. The molecule has 0 radical (unpaired) electrons. The monoisotopic (exact) mass is 304 g/mol. The van der Waals surface area contributed by atoms with E-state index >= 15 is 0 Å². The third kappa shape index (κ3) is 3.29. The zero-order valence-corrected chi connectivity index (χ0v) is 12.9. The molecule has 2 aliphatic rings. The van der Waals surface area contributed by atoms with Gasteiger partial charge in [0.2, 0.25) is 0 Å². The van der Waals surface area contributed by atoms with Gasteiger partial charge in [-0.1, -0.05) is 11.8 Å². The van der Waals surface area contributed by atoms with Crippen LogP contribution in [0.3, 0.4) is 0 Å². The fraction of sp³-hybridized carbons (Fsp3) is 0.562. The number of thiophene rings is 1. The average Bonchev–Trinajstić information content (AvgIpc) is 3.09. The van der Waals surface area contributed by atoms with E-state index in [1.54, 1.807) is 0 Å². The van der Waals surface area contributed by atoms with Crippen LogP contribution in [-0.2, 0) is 0 Å². The molecule has 1 unspecified atom stereocenters. The number of aliphatic hydroxyl groups is 1. The van der Waals surface area contributed by atoms with Crippen LogP contribution in [0.5, 0.6) is 0 Å². The third-order valence-electron chi connectivity index (χ3n) is 4.23. The van der Waals surface area contributed by atoms with E-state index < -0.39 is 0 Å². The molecule has 1 amide bonds. The zero-order valence-electron chi connectivity index (χ0n) is 12.0. The molecule has 0 aromatic carbocycles. The van der Waals surface area contributed by atoms with Gasteiger partial charge < -0.3 is 10.0 Å². The molecule has 2 saturated heterocycles. The van der Waals surface area contributed by atoms with E-state index in [-0.39, 0.29) is 12.5 Å². The summed E-state index contributed by atoms with van der Waals surface area (Å²) in [5.41, 5.74) is 0.730. The van der Waals surface area contributed by atoms with Crippen LogP contribution < -0.4 is 0 Å². The number of amides is 1. The van der Waals surface area contributed by atoms with Crippen LogP contribution >= 0.6 is 11.3 Å². The normalized spacial score (nSPS) is 22.3. The van der Waals surface area contributed by atoms with Gasteiger partial charge in [-0.25, -0.2) is 0 Å². The highest BCUT2D eigenvalue weighted by Crippen LogP contribution is 2.23. The third-order valence-corrected chi connectivity index (χ3v) is 5.07. The first-order valence-electron chi connectivity index (χ1n) is 7.49. The molecule has 3 heterocycles. The van der Waals surface area contributed by atoms with Gasteiger partial charge in [0.1, 0.15) is 6.61 Å². The summed E-state index contributed by atoms with van der Waals surface area (Å²) in [7, 11) is 0. The van der Waals surface area contributed by atoms with Crippen molar-refractivity contribution in [3.63, 3.8) is 0 Å². The molecule has 0 spiro atoms. The molecule has 0 saturated carbocycles. The first-order chi connectivity index (χ1) is 10.3. The first-order valence-corrected chi connectivity index (χ1v) is 8.37. The minimum atomic E-state index is -0.148. The molecule has 1 aromatic rings. The number of carbonyl (C=O) groups excluding carboxylic acids is 1. The molecule has 112 valence electrons. The number of hydrogen-bond acceptors (Lipinski definition) is 4. The summed E-state index contributed by atoms with van der Waals surface area (Å²) in [6.45, 7) is 3.85. The molecule has 21 heavy (non-hydrogen) atoms. The Labute approximate surface area is 129 Å². The second-order valence-electron chi connectivity index (χ2n) is 5.60. The van der Waals surface area contributed by atoms with E-state index in [1.165, 1.54) is 30.7 Å². The summed E-state index contributed by atoms with van der Waals surface area (Å²) in [6.07, 6.45) is 3.52. The molecule has 0 aliphatic carbocycles. The molecule has 3 rings (SSSR count). The summed E-state index contributed by atoms with van der Waals surface area (Å²) in [4.78, 5) is 18.0. The van der Waals surface area contributed by atoms with Crippen molar-refractivity contribution in [3.8, 4) is 11.8 Å². The van der Waals surface area contributed by atoms with Crippen molar-refractivity contribution in [2.75, 3.05) is 32.8 Å². The van der Waals surface area contributed by atoms with Crippen LogP contribution in [0.15, 0.2) is 11.4 Å². The average molecular weight is 304 g/mol. The van der Waals surface area contributed by atoms with Gasteiger partial charge >= 0.3 is 0 Å². The number of aliphatic hydroxyl groups excluding tert-OH is 1. The van der Waals surface area contributed by atoms with E-state index in [2.05, 4.69) is 16.7 Å². The molecule has 5 heteroatoms. The highest BCUT2D eigenvalue weighted by molar-refractivity contribution is 7.10. The van der Waals surface area contributed by atoms with Crippen LogP contribution in [0.2, 0.25) is 0 Å². The van der Waals surface area contributed by atoms with Crippen molar-refractivity contribution in [2.45, 2.75) is 25.3 Å². The molecule has 0 bridgehead atoms. The Kier molecular flexibility index (Phi) is 4.59. The number of rotatable bonds is 1. The molecule has 1 N–H and O–H groups in total. The second kappa shape index (κ2) is 6.61. The van der Waals surface area contributed by atoms with Gasteiger partial charge in [0, 0.05) is 31.1 Å². The van der Waals surface area contributed by atoms with Crippen LogP contribution in [0.25, 0.3) is 0 Å². The lowest BCUT2D eigenvalue weighted by molar-refractivity contribution is 0.0744. The molecular weight excluding hydrogens is 284 g/mol. The van der Waals surface area contributed by atoms with E-state index in [4.69, 9.17) is 5.11 Å². The Morgan fingerprint density at radius 1 is 1.38 bits per heavy atom. The summed E-state index contributed by atoms with van der Waals surface area (Å²) in [5, 5.41) is 10.6. The first kappa shape index (κ1) is 14.6. The predicted octanol–water partition coefficient (Wildman–Crippen LogP) is 1.40. The summed E-state index contributed by atoms with van der Waals surface area (Å²) in [5.74, 6) is 5.60. The molecule has 1 atom stereocenters. The zero-order chi connectivity index (χ0) is 14.7. The van der Waals surface area contributed by atoms with Gasteiger partial charge in [0.05, 0.1) is 10.4 Å². The highest BCUT2D eigenvalue weighted by Gasteiger charge is 2.30. The standard InChI is InChI=1S/C16H20N2O2S/c19-9-2-5-15-10-13(12-21-15)16(20)18-8-3-7-17-6-1-4-14(17)11-18/h10,12,14,19H,1,3-4,6-9,11H2. The lowest BCUT2D eigenvalue weighted by Gasteiger charge is -2.25. The van der Waals surface area contributed by atoms with E-state index in [0.29, 0.717) is 6.04 Å². The van der Waals surface area contributed by atoms with Crippen molar-refractivity contribution < 1.29 is 9.90 Å². The molecular formula is C16H20N2O2S. The Bertz CT molecular complexity index is 572. The number of hydrogen-bond donors (Lipinski definition) is 1. The van der Waals surface area contributed by atoms with Crippen LogP contribution in [0, 0.1) is 11.8 Å². The van der Waals surface area contributed by atoms with E-state index in [1.807, 2.05) is 16.3 Å². The Hall–Kier alpha value is -1.35. The fourth-order valence-corrected chi connectivity index (χ4v) is 3.96. The summed E-state index contributed by atoms with van der Waals surface area (Å²) in [6, 6.07) is 2.39. The number of nitrogens with zero attached hydrogens (tertiary/aromatic N) is 2. The van der Waals surface area contributed by atoms with Crippen LogP contribution in [0.1, 0.15) is 34.5 Å². The van der Waals surface area contributed by atoms with E-state index in [0.717, 1.165) is 36.5 Å². The van der Waals surface area contributed by atoms with Gasteiger partial charge in [0.25, 0.3) is 5.91 Å². The number of carbonyl (C=O) groups is 1. The predicted molar refractivity (Wildman–Crippen MR) is 83.4 cm³/mol. The minimum absolute atomic E-state index is 0.122. The van der Waals surface area contributed by atoms with Crippen molar-refractivity contribution >= 4 is 17.2 Å². The Morgan fingerprint density at radius 3 is 3.10 bits per heavy atom. The van der Waals surface area contributed by atoms with Gasteiger partial charge in [-0.3, -0.25) is 9.69 Å². The highest BCUT2D eigenvalue weighted by atomic mass is 32.1. The molecule has 2 fully saturated rings. The topological polar surface area (TPSA) is 43.8 Å². The molecule has 4 nitrogen and oxygen atoms in total. The Balaban J connectivity index is 1.70. The smallest absolute Gasteiger partial charge is 0.254 e. The van der Waals surface area contributed by atoms with E-state index in [9.17, 15) is 4.79 Å². The van der Waals surface area contributed by atoms with Crippen LogP contribution in [0.4, 0.5) is 0 Å². The maximum Gasteiger partial charge on any atom is 0.254 e.